The predicted molar refractivity (Wildman–Crippen MR) is 115 cm³/mol. The number of furan rings is 1. The van der Waals surface area contributed by atoms with Gasteiger partial charge in [0.05, 0.1) is 6.04 Å². The van der Waals surface area contributed by atoms with E-state index < -0.39 is 0 Å². The van der Waals surface area contributed by atoms with E-state index in [1.807, 2.05) is 13.8 Å². The van der Waals surface area contributed by atoms with Crippen molar-refractivity contribution in [2.75, 3.05) is 19.6 Å². The Bertz CT molecular complexity index is 968. The van der Waals surface area contributed by atoms with Crippen LogP contribution in [0.4, 0.5) is 0 Å². The monoisotopic (exact) mass is 396 g/mol. The van der Waals surface area contributed by atoms with E-state index in [2.05, 4.69) is 46.8 Å². The molecule has 0 radical (unpaired) electrons. The molecule has 0 bridgehead atoms. The van der Waals surface area contributed by atoms with Crippen LogP contribution in [0, 0.1) is 20.8 Å². The number of rotatable bonds is 5. The highest BCUT2D eigenvalue weighted by molar-refractivity contribution is 7.10. The molecule has 0 unspecified atom stereocenters. The van der Waals surface area contributed by atoms with E-state index in [1.54, 1.807) is 11.3 Å². The SMILES string of the molecule is Cc1ccc2c(C)c(C(=O)NC[C@H](c3cccs3)N3CCCCC3)oc2c1C. The third-order valence-corrected chi connectivity index (χ3v) is 6.96. The molecule has 2 aromatic heterocycles. The fourth-order valence-electron chi connectivity index (χ4n) is 4.12. The molecule has 3 aromatic rings. The Morgan fingerprint density at radius 3 is 2.64 bits per heavy atom. The summed E-state index contributed by atoms with van der Waals surface area (Å²) in [6, 6.07) is 8.64. The van der Waals surface area contributed by atoms with Gasteiger partial charge in [-0.25, -0.2) is 0 Å². The molecule has 1 aliphatic heterocycles. The van der Waals surface area contributed by atoms with Crippen molar-refractivity contribution in [3.63, 3.8) is 0 Å². The number of fused-ring (bicyclic) bond motifs is 1. The van der Waals surface area contributed by atoms with Crippen LogP contribution < -0.4 is 5.32 Å². The van der Waals surface area contributed by atoms with Gasteiger partial charge in [-0.3, -0.25) is 9.69 Å². The largest absolute Gasteiger partial charge is 0.450 e. The third-order valence-electron chi connectivity index (χ3n) is 5.99. The first-order valence-electron chi connectivity index (χ1n) is 10.1. The molecule has 3 heterocycles. The molecule has 148 valence electrons. The summed E-state index contributed by atoms with van der Waals surface area (Å²) in [5.41, 5.74) is 4.02. The first kappa shape index (κ1) is 19.2. The highest BCUT2D eigenvalue weighted by atomic mass is 32.1. The number of nitrogens with zero attached hydrogens (tertiary/aromatic N) is 1. The number of amides is 1. The lowest BCUT2D eigenvalue weighted by Gasteiger charge is -2.34. The molecular formula is C23H28N2O2S. The minimum atomic E-state index is -0.121. The summed E-state index contributed by atoms with van der Waals surface area (Å²) < 4.78 is 6.02. The summed E-state index contributed by atoms with van der Waals surface area (Å²) in [4.78, 5) is 16.8. The molecule has 1 N–H and O–H groups in total. The Morgan fingerprint density at radius 1 is 1.14 bits per heavy atom. The van der Waals surface area contributed by atoms with Crippen LogP contribution in [0.15, 0.2) is 34.1 Å². The minimum Gasteiger partial charge on any atom is -0.450 e. The molecule has 4 rings (SSSR count). The number of nitrogens with one attached hydrogen (secondary N) is 1. The summed E-state index contributed by atoms with van der Waals surface area (Å²) in [5.74, 6) is 0.316. The fourth-order valence-corrected chi connectivity index (χ4v) is 4.99. The van der Waals surface area contributed by atoms with Gasteiger partial charge in [0.1, 0.15) is 5.58 Å². The molecular weight excluding hydrogens is 368 g/mol. The number of carbonyl (C=O) groups excluding carboxylic acids is 1. The zero-order valence-electron chi connectivity index (χ0n) is 16.9. The van der Waals surface area contributed by atoms with Crippen molar-refractivity contribution in [1.29, 1.82) is 0 Å². The van der Waals surface area contributed by atoms with Crippen molar-refractivity contribution in [3.05, 3.63) is 57.0 Å². The zero-order chi connectivity index (χ0) is 19.7. The van der Waals surface area contributed by atoms with Crippen LogP contribution in [0.2, 0.25) is 0 Å². The molecule has 1 fully saturated rings. The average molecular weight is 397 g/mol. The Hall–Kier alpha value is -2.11. The first-order chi connectivity index (χ1) is 13.6. The van der Waals surface area contributed by atoms with E-state index >= 15 is 0 Å². The number of hydrogen-bond donors (Lipinski definition) is 1. The maximum Gasteiger partial charge on any atom is 0.287 e. The van der Waals surface area contributed by atoms with Crippen molar-refractivity contribution in [1.82, 2.24) is 10.2 Å². The zero-order valence-corrected chi connectivity index (χ0v) is 17.7. The predicted octanol–water partition coefficient (Wildman–Crippen LogP) is 5.38. The van der Waals surface area contributed by atoms with E-state index in [0.29, 0.717) is 12.3 Å². The van der Waals surface area contributed by atoms with Gasteiger partial charge in [0.25, 0.3) is 5.91 Å². The second kappa shape index (κ2) is 8.10. The van der Waals surface area contributed by atoms with E-state index in [-0.39, 0.29) is 11.9 Å². The molecule has 1 aliphatic rings. The lowest BCUT2D eigenvalue weighted by molar-refractivity contribution is 0.0899. The van der Waals surface area contributed by atoms with Gasteiger partial charge in [-0.2, -0.15) is 0 Å². The molecule has 28 heavy (non-hydrogen) atoms. The van der Waals surface area contributed by atoms with E-state index in [0.717, 1.165) is 35.2 Å². The first-order valence-corrected chi connectivity index (χ1v) is 11.0. The standard InChI is InChI=1S/C23H28N2O2S/c1-15-9-10-18-17(3)22(27-21(18)16(15)2)23(26)24-14-19(20-8-7-13-28-20)25-11-5-4-6-12-25/h7-10,13,19H,4-6,11-12,14H2,1-3H3,(H,24,26)/t19-/m1/s1. The number of hydrogen-bond acceptors (Lipinski definition) is 4. The summed E-state index contributed by atoms with van der Waals surface area (Å²) in [6.07, 6.45) is 3.77. The van der Waals surface area contributed by atoms with E-state index in [1.165, 1.54) is 29.7 Å². The van der Waals surface area contributed by atoms with Crippen LogP contribution >= 0.6 is 11.3 Å². The van der Waals surface area contributed by atoms with Gasteiger partial charge in [-0.15, -0.1) is 11.3 Å². The number of likely N-dealkylation sites (tertiary alicyclic amines) is 1. The van der Waals surface area contributed by atoms with Gasteiger partial charge in [-0.05, 0) is 69.3 Å². The normalized spacial score (nSPS) is 16.4. The van der Waals surface area contributed by atoms with Crippen molar-refractivity contribution in [2.24, 2.45) is 0 Å². The van der Waals surface area contributed by atoms with Crippen molar-refractivity contribution >= 4 is 28.2 Å². The second-order valence-corrected chi connectivity index (χ2v) is 8.76. The number of piperidine rings is 1. The number of thiophene rings is 1. The van der Waals surface area contributed by atoms with Gasteiger partial charge < -0.3 is 9.73 Å². The highest BCUT2D eigenvalue weighted by Gasteiger charge is 2.25. The highest BCUT2D eigenvalue weighted by Crippen LogP contribution is 2.30. The molecule has 0 aliphatic carbocycles. The lowest BCUT2D eigenvalue weighted by atomic mass is 10.0. The van der Waals surface area contributed by atoms with Crippen LogP contribution in [0.5, 0.6) is 0 Å². The number of benzene rings is 1. The Labute approximate surface area is 170 Å². The topological polar surface area (TPSA) is 45.5 Å². The van der Waals surface area contributed by atoms with Crippen molar-refractivity contribution < 1.29 is 9.21 Å². The lowest BCUT2D eigenvalue weighted by Crippen LogP contribution is -2.40. The molecule has 0 saturated carbocycles. The fraction of sp³-hybridized carbons (Fsp3) is 0.435. The summed E-state index contributed by atoms with van der Waals surface area (Å²) >= 11 is 1.77. The smallest absolute Gasteiger partial charge is 0.287 e. The number of aryl methyl sites for hydroxylation is 3. The van der Waals surface area contributed by atoms with E-state index in [9.17, 15) is 4.79 Å². The van der Waals surface area contributed by atoms with Gasteiger partial charge >= 0.3 is 0 Å². The van der Waals surface area contributed by atoms with Crippen LogP contribution in [0.25, 0.3) is 11.0 Å². The Kier molecular flexibility index (Phi) is 5.56. The average Bonchev–Trinajstić information content (AvgIpc) is 3.35. The summed E-state index contributed by atoms with van der Waals surface area (Å²) in [7, 11) is 0. The van der Waals surface area contributed by atoms with Gasteiger partial charge in [0.2, 0.25) is 0 Å². The van der Waals surface area contributed by atoms with Crippen LogP contribution in [0.1, 0.15) is 57.4 Å². The molecule has 1 atom stereocenters. The quantitative estimate of drug-likeness (QED) is 0.630. The van der Waals surface area contributed by atoms with Crippen LogP contribution in [0.3, 0.4) is 0 Å². The second-order valence-electron chi connectivity index (χ2n) is 7.78. The maximum absolute atomic E-state index is 13.0. The molecule has 0 spiro atoms. The van der Waals surface area contributed by atoms with Gasteiger partial charge in [0.15, 0.2) is 5.76 Å². The van der Waals surface area contributed by atoms with Gasteiger partial charge in [-0.1, -0.05) is 24.6 Å². The summed E-state index contributed by atoms with van der Waals surface area (Å²) in [6.45, 7) is 8.88. The minimum absolute atomic E-state index is 0.121. The van der Waals surface area contributed by atoms with Crippen LogP contribution in [-0.2, 0) is 0 Å². The van der Waals surface area contributed by atoms with E-state index in [4.69, 9.17) is 4.42 Å². The van der Waals surface area contributed by atoms with Crippen molar-refractivity contribution in [2.45, 2.75) is 46.1 Å². The van der Waals surface area contributed by atoms with Crippen molar-refractivity contribution in [3.8, 4) is 0 Å². The molecule has 4 nitrogen and oxygen atoms in total. The van der Waals surface area contributed by atoms with Crippen LogP contribution in [-0.4, -0.2) is 30.4 Å². The number of carbonyl (C=O) groups is 1. The maximum atomic E-state index is 13.0. The Balaban J connectivity index is 1.55. The molecule has 1 saturated heterocycles. The van der Waals surface area contributed by atoms with Gasteiger partial charge in [0, 0.05) is 22.4 Å². The summed E-state index contributed by atoms with van der Waals surface area (Å²) in [5, 5.41) is 6.29. The molecule has 1 aromatic carbocycles. The molecule has 5 heteroatoms. The Morgan fingerprint density at radius 2 is 1.93 bits per heavy atom. The molecule has 1 amide bonds. The third kappa shape index (κ3) is 3.61.